The van der Waals surface area contributed by atoms with Crippen LogP contribution in [-0.2, 0) is 6.54 Å². The summed E-state index contributed by atoms with van der Waals surface area (Å²) in [5, 5.41) is 9.74. The van der Waals surface area contributed by atoms with E-state index in [2.05, 4.69) is 49.6 Å². The van der Waals surface area contributed by atoms with Gasteiger partial charge in [0.2, 0.25) is 23.7 Å². The molecule has 0 spiro atoms. The third kappa shape index (κ3) is 3.77. The molecule has 0 aliphatic heterocycles. The van der Waals surface area contributed by atoms with Crippen LogP contribution in [0.1, 0.15) is 25.6 Å². The Labute approximate surface area is 123 Å². The molecule has 114 valence electrons. The van der Waals surface area contributed by atoms with Crippen molar-refractivity contribution in [3.05, 3.63) is 11.7 Å². The van der Waals surface area contributed by atoms with Gasteiger partial charge < -0.3 is 20.1 Å². The standard InChI is InChI=1S/C12H20N8O/c1-5-20(6-2)12-17-10(13-4)16-11(18-12)14-7-9-15-8(3)19-21-9/h5-7H2,1-4H3,(H2,13,14,16,17,18). The van der Waals surface area contributed by atoms with Crippen LogP contribution in [0, 0.1) is 6.92 Å². The predicted molar refractivity (Wildman–Crippen MR) is 79.3 cm³/mol. The summed E-state index contributed by atoms with van der Waals surface area (Å²) in [6.45, 7) is 7.90. The lowest BCUT2D eigenvalue weighted by molar-refractivity contribution is 0.379. The lowest BCUT2D eigenvalue weighted by Gasteiger charge is -2.19. The maximum atomic E-state index is 5.04. The van der Waals surface area contributed by atoms with Crippen LogP contribution in [0.25, 0.3) is 0 Å². The van der Waals surface area contributed by atoms with Crippen LogP contribution in [0.15, 0.2) is 4.52 Å². The van der Waals surface area contributed by atoms with Gasteiger partial charge in [0.05, 0.1) is 6.54 Å². The van der Waals surface area contributed by atoms with Crippen molar-refractivity contribution in [1.29, 1.82) is 0 Å². The van der Waals surface area contributed by atoms with Crippen molar-refractivity contribution >= 4 is 17.8 Å². The van der Waals surface area contributed by atoms with Crippen LogP contribution in [0.2, 0.25) is 0 Å². The summed E-state index contributed by atoms with van der Waals surface area (Å²) in [4.78, 5) is 19.2. The molecule has 21 heavy (non-hydrogen) atoms. The van der Waals surface area contributed by atoms with Crippen LogP contribution >= 0.6 is 0 Å². The molecule has 2 rings (SSSR count). The minimum absolute atomic E-state index is 0.367. The van der Waals surface area contributed by atoms with Gasteiger partial charge in [0, 0.05) is 20.1 Å². The van der Waals surface area contributed by atoms with E-state index >= 15 is 0 Å². The third-order valence-corrected chi connectivity index (χ3v) is 2.86. The normalized spacial score (nSPS) is 10.5. The van der Waals surface area contributed by atoms with Crippen LogP contribution < -0.4 is 15.5 Å². The van der Waals surface area contributed by atoms with Crippen LogP contribution in [0.5, 0.6) is 0 Å². The molecular weight excluding hydrogens is 272 g/mol. The number of nitrogens with one attached hydrogen (secondary N) is 2. The molecule has 9 nitrogen and oxygen atoms in total. The maximum absolute atomic E-state index is 5.04. The van der Waals surface area contributed by atoms with E-state index in [1.165, 1.54) is 0 Å². The largest absolute Gasteiger partial charge is 0.357 e. The van der Waals surface area contributed by atoms with E-state index in [4.69, 9.17) is 4.52 Å². The van der Waals surface area contributed by atoms with Crippen LogP contribution in [-0.4, -0.2) is 45.2 Å². The summed E-state index contributed by atoms with van der Waals surface area (Å²) in [7, 11) is 1.77. The van der Waals surface area contributed by atoms with Gasteiger partial charge in [-0.05, 0) is 20.8 Å². The van der Waals surface area contributed by atoms with Gasteiger partial charge in [0.15, 0.2) is 5.82 Å². The van der Waals surface area contributed by atoms with E-state index in [0.717, 1.165) is 13.1 Å². The summed E-state index contributed by atoms with van der Waals surface area (Å²) < 4.78 is 5.04. The van der Waals surface area contributed by atoms with Crippen molar-refractivity contribution < 1.29 is 4.52 Å². The van der Waals surface area contributed by atoms with Gasteiger partial charge in [0.25, 0.3) is 0 Å². The first-order valence-electron chi connectivity index (χ1n) is 6.88. The zero-order valence-corrected chi connectivity index (χ0v) is 12.7. The summed E-state index contributed by atoms with van der Waals surface area (Å²) in [5.41, 5.74) is 0. The number of rotatable bonds is 7. The average Bonchev–Trinajstić information content (AvgIpc) is 2.92. The lowest BCUT2D eigenvalue weighted by Crippen LogP contribution is -2.25. The quantitative estimate of drug-likeness (QED) is 0.774. The summed E-state index contributed by atoms with van der Waals surface area (Å²) in [6.07, 6.45) is 0. The number of aryl methyl sites for hydroxylation is 1. The molecule has 0 saturated heterocycles. The van der Waals surface area contributed by atoms with Crippen LogP contribution in [0.3, 0.4) is 0 Å². The van der Waals surface area contributed by atoms with Crippen LogP contribution in [0.4, 0.5) is 17.8 Å². The summed E-state index contributed by atoms with van der Waals surface area (Å²) >= 11 is 0. The second-order valence-corrected chi connectivity index (χ2v) is 4.29. The highest BCUT2D eigenvalue weighted by Crippen LogP contribution is 2.13. The molecule has 0 aliphatic carbocycles. The molecule has 0 atom stereocenters. The molecule has 0 radical (unpaired) electrons. The smallest absolute Gasteiger partial charge is 0.246 e. The van der Waals surface area contributed by atoms with Gasteiger partial charge in [-0.1, -0.05) is 5.16 Å². The first-order valence-corrected chi connectivity index (χ1v) is 6.88. The molecule has 2 aromatic heterocycles. The number of nitrogens with zero attached hydrogens (tertiary/aromatic N) is 6. The van der Waals surface area contributed by atoms with Gasteiger partial charge in [-0.3, -0.25) is 0 Å². The molecule has 2 aromatic rings. The van der Waals surface area contributed by atoms with E-state index < -0.39 is 0 Å². The minimum atomic E-state index is 0.367. The molecule has 0 unspecified atom stereocenters. The average molecular weight is 292 g/mol. The monoisotopic (exact) mass is 292 g/mol. The van der Waals surface area contributed by atoms with E-state index in [0.29, 0.717) is 36.1 Å². The van der Waals surface area contributed by atoms with Gasteiger partial charge >= 0.3 is 0 Å². The van der Waals surface area contributed by atoms with Crippen molar-refractivity contribution in [3.63, 3.8) is 0 Å². The first-order chi connectivity index (χ1) is 10.2. The van der Waals surface area contributed by atoms with E-state index in [1.54, 1.807) is 14.0 Å². The molecule has 2 heterocycles. The fourth-order valence-electron chi connectivity index (χ4n) is 1.77. The Morgan fingerprint density at radius 3 is 2.33 bits per heavy atom. The van der Waals surface area contributed by atoms with Gasteiger partial charge in [0.1, 0.15) is 0 Å². The van der Waals surface area contributed by atoms with Crippen molar-refractivity contribution in [2.24, 2.45) is 0 Å². The van der Waals surface area contributed by atoms with Gasteiger partial charge in [-0.2, -0.15) is 19.9 Å². The van der Waals surface area contributed by atoms with Gasteiger partial charge in [-0.15, -0.1) is 0 Å². The molecule has 0 bridgehead atoms. The zero-order valence-electron chi connectivity index (χ0n) is 12.7. The van der Waals surface area contributed by atoms with Crippen molar-refractivity contribution in [1.82, 2.24) is 25.1 Å². The molecule has 9 heteroatoms. The second kappa shape index (κ2) is 6.82. The van der Waals surface area contributed by atoms with E-state index in [-0.39, 0.29) is 0 Å². The SMILES string of the molecule is CCN(CC)c1nc(NC)nc(NCc2nc(C)no2)n1. The highest BCUT2D eigenvalue weighted by molar-refractivity contribution is 5.43. The number of aromatic nitrogens is 5. The van der Waals surface area contributed by atoms with Crippen molar-refractivity contribution in [2.45, 2.75) is 27.3 Å². The highest BCUT2D eigenvalue weighted by atomic mass is 16.5. The van der Waals surface area contributed by atoms with Crippen molar-refractivity contribution in [3.8, 4) is 0 Å². The van der Waals surface area contributed by atoms with E-state index in [9.17, 15) is 0 Å². The van der Waals surface area contributed by atoms with Crippen molar-refractivity contribution in [2.75, 3.05) is 35.7 Å². The lowest BCUT2D eigenvalue weighted by atomic mass is 10.5. The number of anilines is 3. The zero-order chi connectivity index (χ0) is 15.2. The third-order valence-electron chi connectivity index (χ3n) is 2.86. The predicted octanol–water partition coefficient (Wildman–Crippen LogP) is 1.06. The Bertz CT molecular complexity index is 580. The molecular formula is C12H20N8O. The topological polar surface area (TPSA) is 105 Å². The summed E-state index contributed by atoms with van der Waals surface area (Å²) in [5.74, 6) is 2.69. The number of hydrogen-bond acceptors (Lipinski definition) is 9. The molecule has 2 N–H and O–H groups in total. The minimum Gasteiger partial charge on any atom is -0.357 e. The molecule has 0 aromatic carbocycles. The Morgan fingerprint density at radius 1 is 1.05 bits per heavy atom. The fourth-order valence-corrected chi connectivity index (χ4v) is 1.77. The summed E-state index contributed by atoms with van der Waals surface area (Å²) in [6, 6.07) is 0. The molecule has 0 fully saturated rings. The number of hydrogen-bond donors (Lipinski definition) is 2. The fraction of sp³-hybridized carbons (Fsp3) is 0.583. The second-order valence-electron chi connectivity index (χ2n) is 4.29. The maximum Gasteiger partial charge on any atom is 0.246 e. The Kier molecular flexibility index (Phi) is 4.85. The Hall–Kier alpha value is -2.45. The Balaban J connectivity index is 2.16. The van der Waals surface area contributed by atoms with Gasteiger partial charge in [-0.25, -0.2) is 0 Å². The first kappa shape index (κ1) is 14.9. The highest BCUT2D eigenvalue weighted by Gasteiger charge is 2.11. The Morgan fingerprint density at radius 2 is 1.76 bits per heavy atom. The molecule has 0 aliphatic rings. The molecule has 0 saturated carbocycles. The molecule has 0 amide bonds. The van der Waals surface area contributed by atoms with E-state index in [1.807, 2.05) is 4.90 Å².